The molecule has 0 spiro atoms. The number of nitrogens with two attached hydrogens (primary N) is 1. The van der Waals surface area contributed by atoms with Crippen LogP contribution in [0.1, 0.15) is 6.42 Å². The minimum atomic E-state index is -0.734. The van der Waals surface area contributed by atoms with Gasteiger partial charge < -0.3 is 10.8 Å². The van der Waals surface area contributed by atoms with E-state index < -0.39 is 17.4 Å². The Morgan fingerprint density at radius 3 is 2.82 bits per heavy atom. The summed E-state index contributed by atoms with van der Waals surface area (Å²) >= 11 is 0. The molecule has 0 aromatic carbocycles. The molecule has 58 valence electrons. The van der Waals surface area contributed by atoms with Gasteiger partial charge in [0.2, 0.25) is 5.78 Å². The summed E-state index contributed by atoms with van der Waals surface area (Å²) in [6.07, 6.45) is 0.712. The summed E-state index contributed by atoms with van der Waals surface area (Å²) in [5.74, 6) is -1.70. The van der Waals surface area contributed by atoms with E-state index in [2.05, 4.69) is 4.99 Å². The first kappa shape index (κ1) is 7.46. The van der Waals surface area contributed by atoms with Crippen LogP contribution < -0.4 is 5.73 Å². The lowest BCUT2D eigenvalue weighted by molar-refractivity contribution is -0.118. The fraction of sp³-hybridized carbons (Fsp3) is 0.167. The SMILES string of the molecule is NC(=O)C1=NC=C(O)C(=O)C1. The molecule has 3 N–H and O–H groups in total. The van der Waals surface area contributed by atoms with Crippen LogP contribution in [0.15, 0.2) is 17.0 Å². The summed E-state index contributed by atoms with van der Waals surface area (Å²) in [5.41, 5.74) is 4.82. The van der Waals surface area contributed by atoms with E-state index in [1.54, 1.807) is 0 Å². The second-order valence-corrected chi connectivity index (χ2v) is 2.05. The first-order valence-electron chi connectivity index (χ1n) is 2.90. The standard InChI is InChI=1S/C6H6N2O3/c7-6(11)3-1-4(9)5(10)2-8-3/h2,10H,1H2,(H2,7,11). The molecule has 0 unspecified atom stereocenters. The zero-order valence-electron chi connectivity index (χ0n) is 5.57. The van der Waals surface area contributed by atoms with Gasteiger partial charge in [0.25, 0.3) is 5.91 Å². The molecule has 1 aliphatic heterocycles. The number of primary amides is 1. The van der Waals surface area contributed by atoms with Crippen molar-refractivity contribution in [3.63, 3.8) is 0 Å². The van der Waals surface area contributed by atoms with Gasteiger partial charge in [0, 0.05) is 0 Å². The fourth-order valence-electron chi connectivity index (χ4n) is 0.650. The molecule has 0 saturated heterocycles. The Kier molecular flexibility index (Phi) is 1.72. The number of Topliss-reactive ketones (excluding diaryl/α,β-unsaturated/α-hetero) is 1. The topological polar surface area (TPSA) is 92.8 Å². The van der Waals surface area contributed by atoms with Gasteiger partial charge >= 0.3 is 0 Å². The zero-order valence-corrected chi connectivity index (χ0v) is 5.57. The van der Waals surface area contributed by atoms with Gasteiger partial charge in [0.05, 0.1) is 12.6 Å². The Morgan fingerprint density at radius 1 is 1.73 bits per heavy atom. The molecule has 0 fully saturated rings. The van der Waals surface area contributed by atoms with Gasteiger partial charge in [-0.3, -0.25) is 14.6 Å². The highest BCUT2D eigenvalue weighted by molar-refractivity contribution is 6.42. The highest BCUT2D eigenvalue weighted by Gasteiger charge is 2.19. The Morgan fingerprint density at radius 2 is 2.36 bits per heavy atom. The van der Waals surface area contributed by atoms with Crippen molar-refractivity contribution in [1.82, 2.24) is 0 Å². The molecule has 1 rings (SSSR count). The molecular formula is C6H6N2O3. The first-order chi connectivity index (χ1) is 5.11. The predicted octanol–water partition coefficient (Wildman–Crippen LogP) is -0.715. The third kappa shape index (κ3) is 1.43. The van der Waals surface area contributed by atoms with Crippen molar-refractivity contribution in [1.29, 1.82) is 0 Å². The third-order valence-corrected chi connectivity index (χ3v) is 1.24. The van der Waals surface area contributed by atoms with Gasteiger partial charge in [-0.1, -0.05) is 0 Å². The lowest BCUT2D eigenvalue weighted by Crippen LogP contribution is -2.27. The quantitative estimate of drug-likeness (QED) is 0.522. The molecule has 0 atom stereocenters. The number of ketones is 1. The Balaban J connectivity index is 2.90. The second kappa shape index (κ2) is 2.53. The maximum absolute atomic E-state index is 10.7. The number of hydrogen-bond acceptors (Lipinski definition) is 4. The van der Waals surface area contributed by atoms with E-state index in [4.69, 9.17) is 10.8 Å². The van der Waals surface area contributed by atoms with E-state index in [-0.39, 0.29) is 12.1 Å². The number of hydrogen-bond donors (Lipinski definition) is 2. The molecule has 0 aliphatic carbocycles. The molecule has 0 bridgehead atoms. The molecule has 0 radical (unpaired) electrons. The molecule has 1 heterocycles. The van der Waals surface area contributed by atoms with E-state index in [1.807, 2.05) is 0 Å². The van der Waals surface area contributed by atoms with Crippen LogP contribution in [0.25, 0.3) is 0 Å². The number of aliphatic imine (C=N–C) groups is 1. The maximum Gasteiger partial charge on any atom is 0.263 e. The van der Waals surface area contributed by atoms with Gasteiger partial charge in [0.15, 0.2) is 5.76 Å². The van der Waals surface area contributed by atoms with E-state index in [0.29, 0.717) is 0 Å². The van der Waals surface area contributed by atoms with Crippen LogP contribution >= 0.6 is 0 Å². The molecule has 0 aromatic rings. The number of carbonyl (C=O) groups is 2. The Bertz CT molecular complexity index is 278. The van der Waals surface area contributed by atoms with Crippen LogP contribution in [0.4, 0.5) is 0 Å². The van der Waals surface area contributed by atoms with Crippen molar-refractivity contribution >= 4 is 17.4 Å². The van der Waals surface area contributed by atoms with Gasteiger partial charge in [-0.15, -0.1) is 0 Å². The molecular weight excluding hydrogens is 148 g/mol. The number of carbonyl (C=O) groups excluding carboxylic acids is 2. The number of rotatable bonds is 1. The maximum atomic E-state index is 10.7. The van der Waals surface area contributed by atoms with Crippen LogP contribution in [0.2, 0.25) is 0 Å². The van der Waals surface area contributed by atoms with Crippen LogP contribution in [0.5, 0.6) is 0 Å². The molecule has 1 aliphatic rings. The number of aliphatic hydroxyl groups is 1. The lowest BCUT2D eigenvalue weighted by Gasteiger charge is -2.04. The minimum absolute atomic E-state index is 0.0206. The van der Waals surface area contributed by atoms with E-state index in [9.17, 15) is 9.59 Å². The van der Waals surface area contributed by atoms with Gasteiger partial charge in [-0.2, -0.15) is 0 Å². The van der Waals surface area contributed by atoms with Crippen LogP contribution in [0, 0.1) is 0 Å². The number of allylic oxidation sites excluding steroid dienone is 1. The average molecular weight is 154 g/mol. The van der Waals surface area contributed by atoms with Gasteiger partial charge in [-0.25, -0.2) is 0 Å². The molecule has 5 heteroatoms. The summed E-state index contributed by atoms with van der Waals surface area (Å²) < 4.78 is 0. The van der Waals surface area contributed by atoms with Crippen molar-refractivity contribution in [3.8, 4) is 0 Å². The fourth-order valence-corrected chi connectivity index (χ4v) is 0.650. The minimum Gasteiger partial charge on any atom is -0.503 e. The normalized spacial score (nSPS) is 17.3. The van der Waals surface area contributed by atoms with Crippen molar-refractivity contribution < 1.29 is 14.7 Å². The molecule has 5 nitrogen and oxygen atoms in total. The Labute approximate surface area is 62.2 Å². The Hall–Kier alpha value is -1.65. The van der Waals surface area contributed by atoms with Crippen LogP contribution in [-0.2, 0) is 9.59 Å². The molecule has 0 aromatic heterocycles. The highest BCUT2D eigenvalue weighted by Crippen LogP contribution is 2.04. The largest absolute Gasteiger partial charge is 0.503 e. The van der Waals surface area contributed by atoms with Crippen molar-refractivity contribution in [2.45, 2.75) is 6.42 Å². The van der Waals surface area contributed by atoms with E-state index >= 15 is 0 Å². The predicted molar refractivity (Wildman–Crippen MR) is 37.0 cm³/mol. The molecule has 1 amide bonds. The molecule has 0 saturated carbocycles. The highest BCUT2D eigenvalue weighted by atomic mass is 16.3. The third-order valence-electron chi connectivity index (χ3n) is 1.24. The lowest BCUT2D eigenvalue weighted by atomic mass is 10.1. The van der Waals surface area contributed by atoms with Gasteiger partial charge in [0.1, 0.15) is 5.71 Å². The molecule has 11 heavy (non-hydrogen) atoms. The smallest absolute Gasteiger partial charge is 0.263 e. The van der Waals surface area contributed by atoms with Crippen molar-refractivity contribution in [2.75, 3.05) is 0 Å². The number of amides is 1. The second-order valence-electron chi connectivity index (χ2n) is 2.05. The van der Waals surface area contributed by atoms with Crippen LogP contribution in [-0.4, -0.2) is 22.5 Å². The summed E-state index contributed by atoms with van der Waals surface area (Å²) in [5, 5.41) is 8.73. The first-order valence-corrected chi connectivity index (χ1v) is 2.90. The van der Waals surface area contributed by atoms with E-state index in [0.717, 1.165) is 6.20 Å². The summed E-state index contributed by atoms with van der Waals surface area (Å²) in [6, 6.07) is 0. The van der Waals surface area contributed by atoms with Crippen molar-refractivity contribution in [3.05, 3.63) is 12.0 Å². The summed E-state index contributed by atoms with van der Waals surface area (Å²) in [4.78, 5) is 24.6. The van der Waals surface area contributed by atoms with E-state index in [1.165, 1.54) is 0 Å². The van der Waals surface area contributed by atoms with Gasteiger partial charge in [-0.05, 0) is 0 Å². The average Bonchev–Trinajstić information content (AvgIpc) is 1.94. The zero-order chi connectivity index (χ0) is 8.43. The number of nitrogens with zero attached hydrogens (tertiary/aromatic N) is 1. The summed E-state index contributed by atoms with van der Waals surface area (Å²) in [6.45, 7) is 0. The van der Waals surface area contributed by atoms with Crippen molar-refractivity contribution in [2.24, 2.45) is 10.7 Å². The monoisotopic (exact) mass is 154 g/mol. The summed E-state index contributed by atoms with van der Waals surface area (Å²) in [7, 11) is 0. The number of aliphatic hydroxyl groups excluding tert-OH is 1. The van der Waals surface area contributed by atoms with Crippen LogP contribution in [0.3, 0.4) is 0 Å².